The Bertz CT molecular complexity index is 1310. The van der Waals surface area contributed by atoms with Gasteiger partial charge in [0.15, 0.2) is 11.6 Å². The number of benzene rings is 1. The Balaban J connectivity index is 1.52. The van der Waals surface area contributed by atoms with Crippen molar-refractivity contribution in [3.63, 3.8) is 0 Å². The van der Waals surface area contributed by atoms with Gasteiger partial charge in [0.2, 0.25) is 0 Å². The van der Waals surface area contributed by atoms with Gasteiger partial charge in [0, 0.05) is 18.3 Å². The number of aliphatic hydroxyl groups is 1. The predicted molar refractivity (Wildman–Crippen MR) is 133 cm³/mol. The van der Waals surface area contributed by atoms with Gasteiger partial charge in [-0.05, 0) is 50.5 Å². The summed E-state index contributed by atoms with van der Waals surface area (Å²) < 4.78 is 46.5. The molecule has 204 valence electrons. The molecular formula is C26H30F3N5O4. The van der Waals surface area contributed by atoms with E-state index >= 15 is 0 Å². The van der Waals surface area contributed by atoms with E-state index in [4.69, 9.17) is 4.74 Å². The highest BCUT2D eigenvalue weighted by atomic mass is 19.4. The van der Waals surface area contributed by atoms with Crippen molar-refractivity contribution in [2.75, 3.05) is 5.32 Å². The van der Waals surface area contributed by atoms with Gasteiger partial charge in [-0.25, -0.2) is 4.68 Å². The van der Waals surface area contributed by atoms with Crippen LogP contribution in [0.1, 0.15) is 57.6 Å². The van der Waals surface area contributed by atoms with Crippen LogP contribution in [0.2, 0.25) is 0 Å². The van der Waals surface area contributed by atoms with Crippen molar-refractivity contribution in [2.24, 2.45) is 5.92 Å². The summed E-state index contributed by atoms with van der Waals surface area (Å²) in [4.78, 5) is 26.3. The second-order valence-electron chi connectivity index (χ2n) is 10.2. The molecule has 0 aliphatic heterocycles. The Kier molecular flexibility index (Phi) is 7.91. The quantitative estimate of drug-likeness (QED) is 0.410. The van der Waals surface area contributed by atoms with Crippen molar-refractivity contribution >= 4 is 11.7 Å². The van der Waals surface area contributed by atoms with Crippen LogP contribution in [0.25, 0.3) is 0 Å². The lowest BCUT2D eigenvalue weighted by atomic mass is 9.98. The van der Waals surface area contributed by atoms with Crippen molar-refractivity contribution in [2.45, 2.75) is 70.3 Å². The molecule has 38 heavy (non-hydrogen) atoms. The first-order valence-corrected chi connectivity index (χ1v) is 12.4. The fourth-order valence-corrected chi connectivity index (χ4v) is 4.54. The summed E-state index contributed by atoms with van der Waals surface area (Å²) in [6, 6.07) is 5.93. The zero-order valence-electron chi connectivity index (χ0n) is 21.1. The Hall–Kier alpha value is -3.67. The van der Waals surface area contributed by atoms with E-state index in [0.29, 0.717) is 6.42 Å². The molecule has 2 aromatic heterocycles. The molecule has 9 nitrogen and oxygen atoms in total. The van der Waals surface area contributed by atoms with E-state index in [0.717, 1.165) is 60.7 Å². The van der Waals surface area contributed by atoms with E-state index in [2.05, 4.69) is 15.5 Å². The van der Waals surface area contributed by atoms with Crippen LogP contribution in [-0.2, 0) is 17.5 Å². The summed E-state index contributed by atoms with van der Waals surface area (Å²) in [7, 11) is 0. The normalized spacial score (nSPS) is 15.4. The molecular weight excluding hydrogens is 503 g/mol. The van der Waals surface area contributed by atoms with Gasteiger partial charge in [-0.15, -0.1) is 0 Å². The molecule has 12 heteroatoms. The van der Waals surface area contributed by atoms with Crippen molar-refractivity contribution < 1.29 is 27.8 Å². The van der Waals surface area contributed by atoms with Gasteiger partial charge in [0.25, 0.3) is 11.5 Å². The predicted octanol–water partition coefficient (Wildman–Crippen LogP) is 4.78. The molecule has 2 N–H and O–H groups in total. The van der Waals surface area contributed by atoms with E-state index in [1.165, 1.54) is 10.9 Å². The molecule has 4 rings (SSSR count). The molecule has 2 heterocycles. The molecule has 1 aromatic carbocycles. The lowest BCUT2D eigenvalue weighted by molar-refractivity contribution is -0.137. The smallest absolute Gasteiger partial charge is 0.416 e. The average molecular weight is 534 g/mol. The monoisotopic (exact) mass is 533 g/mol. The Labute approximate surface area is 217 Å². The van der Waals surface area contributed by atoms with E-state index in [1.54, 1.807) is 26.1 Å². The standard InChI is InChI=1S/C26H30F3N5O4/c1-25(2,37)16-33-12-11-22(32-33)31-24(36)21(13-17-5-3-4-6-17)34-23(35)14-20(15-30-34)38-19-9-7-18(8-10-19)26(27,28)29/h7-12,14-15,17,21,37H,3-6,13,16H2,1-2H3,(H,31,32,36). The molecule has 1 amide bonds. The molecule has 3 aromatic rings. The minimum Gasteiger partial charge on any atom is -0.455 e. The molecule has 0 radical (unpaired) electrons. The van der Waals surface area contributed by atoms with E-state index in [1.807, 2.05) is 0 Å². The highest BCUT2D eigenvalue weighted by molar-refractivity contribution is 5.92. The summed E-state index contributed by atoms with van der Waals surface area (Å²) in [5.41, 5.74) is -2.39. The lowest BCUT2D eigenvalue weighted by Crippen LogP contribution is -2.36. The van der Waals surface area contributed by atoms with Crippen LogP contribution in [0.4, 0.5) is 19.0 Å². The average Bonchev–Trinajstić information content (AvgIpc) is 3.49. The third kappa shape index (κ3) is 7.21. The number of amides is 1. The number of hydrogen-bond donors (Lipinski definition) is 2. The number of alkyl halides is 3. The van der Waals surface area contributed by atoms with Gasteiger partial charge in [-0.3, -0.25) is 14.3 Å². The second kappa shape index (κ2) is 11.0. The summed E-state index contributed by atoms with van der Waals surface area (Å²) in [6.45, 7) is 3.52. The topological polar surface area (TPSA) is 111 Å². The van der Waals surface area contributed by atoms with Gasteiger partial charge in [-0.2, -0.15) is 23.4 Å². The van der Waals surface area contributed by atoms with Crippen LogP contribution in [0.15, 0.2) is 53.6 Å². The largest absolute Gasteiger partial charge is 0.455 e. The van der Waals surface area contributed by atoms with Crippen LogP contribution in [0.3, 0.4) is 0 Å². The summed E-state index contributed by atoms with van der Waals surface area (Å²) >= 11 is 0. The molecule has 0 saturated heterocycles. The van der Waals surface area contributed by atoms with Crippen LogP contribution in [0, 0.1) is 5.92 Å². The van der Waals surface area contributed by atoms with Crippen LogP contribution < -0.4 is 15.6 Å². The molecule has 1 saturated carbocycles. The second-order valence-corrected chi connectivity index (χ2v) is 10.2. The number of anilines is 1. The summed E-state index contributed by atoms with van der Waals surface area (Å²) in [5.74, 6) is 0.243. The van der Waals surface area contributed by atoms with Crippen molar-refractivity contribution in [3.05, 3.63) is 64.7 Å². The van der Waals surface area contributed by atoms with Crippen molar-refractivity contribution in [1.29, 1.82) is 0 Å². The number of nitrogens with one attached hydrogen (secondary N) is 1. The molecule has 1 aliphatic carbocycles. The fourth-order valence-electron chi connectivity index (χ4n) is 4.54. The number of aromatic nitrogens is 4. The number of halogens is 3. The lowest BCUT2D eigenvalue weighted by Gasteiger charge is -2.21. The highest BCUT2D eigenvalue weighted by Crippen LogP contribution is 2.33. The van der Waals surface area contributed by atoms with E-state index < -0.39 is 34.8 Å². The third-order valence-corrected chi connectivity index (χ3v) is 6.29. The maximum Gasteiger partial charge on any atom is 0.416 e. The van der Waals surface area contributed by atoms with Gasteiger partial charge in [-0.1, -0.05) is 25.7 Å². The highest BCUT2D eigenvalue weighted by Gasteiger charge is 2.31. The van der Waals surface area contributed by atoms with Crippen molar-refractivity contribution in [3.8, 4) is 11.5 Å². The molecule has 1 atom stereocenters. The zero-order chi connectivity index (χ0) is 27.5. The Morgan fingerprint density at radius 1 is 1.16 bits per heavy atom. The maximum absolute atomic E-state index is 13.3. The molecule has 1 fully saturated rings. The SMILES string of the molecule is CC(C)(O)Cn1ccc(NC(=O)C(CC2CCCC2)n2ncc(Oc3ccc(C(F)(F)F)cc3)cc2=O)n1. The third-order valence-electron chi connectivity index (χ3n) is 6.29. The van der Waals surface area contributed by atoms with Crippen LogP contribution >= 0.6 is 0 Å². The van der Waals surface area contributed by atoms with Gasteiger partial charge < -0.3 is 15.2 Å². The van der Waals surface area contributed by atoms with E-state index in [-0.39, 0.29) is 29.8 Å². The molecule has 0 bridgehead atoms. The minimum absolute atomic E-state index is 0.0383. The Morgan fingerprint density at radius 2 is 1.84 bits per heavy atom. The minimum atomic E-state index is -4.47. The van der Waals surface area contributed by atoms with E-state index in [9.17, 15) is 27.9 Å². The first-order valence-electron chi connectivity index (χ1n) is 12.4. The van der Waals surface area contributed by atoms with Crippen molar-refractivity contribution in [1.82, 2.24) is 19.6 Å². The first-order chi connectivity index (χ1) is 17.9. The number of hydrogen-bond acceptors (Lipinski definition) is 6. The number of rotatable bonds is 9. The number of carbonyl (C=O) groups is 1. The van der Waals surface area contributed by atoms with Crippen LogP contribution in [0.5, 0.6) is 11.5 Å². The van der Waals surface area contributed by atoms with Crippen LogP contribution in [-0.4, -0.2) is 36.2 Å². The summed E-state index contributed by atoms with van der Waals surface area (Å²) in [5, 5.41) is 21.2. The summed E-state index contributed by atoms with van der Waals surface area (Å²) in [6.07, 6.45) is 2.86. The number of carbonyl (C=O) groups excluding carboxylic acids is 1. The Morgan fingerprint density at radius 3 is 2.45 bits per heavy atom. The van der Waals surface area contributed by atoms with Gasteiger partial charge >= 0.3 is 6.18 Å². The number of ether oxygens (including phenoxy) is 1. The van der Waals surface area contributed by atoms with Gasteiger partial charge in [0.1, 0.15) is 11.8 Å². The fraction of sp³-hybridized carbons (Fsp3) is 0.462. The zero-order valence-corrected chi connectivity index (χ0v) is 21.1. The molecule has 0 spiro atoms. The number of nitrogens with zero attached hydrogens (tertiary/aromatic N) is 4. The maximum atomic E-state index is 13.3. The van der Waals surface area contributed by atoms with Gasteiger partial charge in [0.05, 0.1) is 23.9 Å². The first kappa shape index (κ1) is 27.4. The molecule has 1 unspecified atom stereocenters. The molecule has 1 aliphatic rings.